The lowest BCUT2D eigenvalue weighted by Crippen LogP contribution is -2.37. The summed E-state index contributed by atoms with van der Waals surface area (Å²) in [6.07, 6.45) is 4.82. The van der Waals surface area contributed by atoms with E-state index in [-0.39, 0.29) is 5.54 Å². The molecule has 1 aromatic heterocycles. The number of pyridine rings is 1. The average Bonchev–Trinajstić information content (AvgIpc) is 2.41. The predicted octanol–water partition coefficient (Wildman–Crippen LogP) is 1.39. The van der Waals surface area contributed by atoms with E-state index in [9.17, 15) is 0 Å². The van der Waals surface area contributed by atoms with Gasteiger partial charge in [-0.1, -0.05) is 6.07 Å². The summed E-state index contributed by atoms with van der Waals surface area (Å²) in [4.78, 5) is 6.57. The van der Waals surface area contributed by atoms with Gasteiger partial charge in [-0.3, -0.25) is 9.88 Å². The van der Waals surface area contributed by atoms with Crippen LogP contribution in [0.3, 0.4) is 0 Å². The van der Waals surface area contributed by atoms with E-state index < -0.39 is 0 Å². The first-order valence-corrected chi connectivity index (χ1v) is 5.47. The summed E-state index contributed by atoms with van der Waals surface area (Å²) < 4.78 is 0. The van der Waals surface area contributed by atoms with Gasteiger partial charge < -0.3 is 5.73 Å². The van der Waals surface area contributed by atoms with Gasteiger partial charge in [0, 0.05) is 37.1 Å². The fraction of sp³-hybridized carbons (Fsp3) is 0.583. The van der Waals surface area contributed by atoms with Crippen LogP contribution in [0.2, 0.25) is 0 Å². The third-order valence-electron chi connectivity index (χ3n) is 3.17. The van der Waals surface area contributed by atoms with E-state index >= 15 is 0 Å². The molecule has 1 aliphatic heterocycles. The summed E-state index contributed by atoms with van der Waals surface area (Å²) >= 11 is 0. The van der Waals surface area contributed by atoms with Crippen LogP contribution in [-0.4, -0.2) is 28.0 Å². The smallest absolute Gasteiger partial charge is 0.0312 e. The predicted molar refractivity (Wildman–Crippen MR) is 61.3 cm³/mol. The number of rotatable bonds is 2. The molecular weight excluding hydrogens is 186 g/mol. The highest BCUT2D eigenvalue weighted by atomic mass is 15.2. The molecule has 3 nitrogen and oxygen atoms in total. The summed E-state index contributed by atoms with van der Waals surface area (Å²) in [5.41, 5.74) is 7.48. The highest BCUT2D eigenvalue weighted by molar-refractivity contribution is 5.10. The van der Waals surface area contributed by atoms with Crippen LogP contribution in [0.4, 0.5) is 0 Å². The van der Waals surface area contributed by atoms with Crippen LogP contribution in [0.25, 0.3) is 0 Å². The number of nitrogens with two attached hydrogens (primary N) is 1. The van der Waals surface area contributed by atoms with Gasteiger partial charge in [0.25, 0.3) is 0 Å². The Balaban J connectivity index is 2.07. The van der Waals surface area contributed by atoms with Crippen molar-refractivity contribution in [3.8, 4) is 0 Å². The third-order valence-corrected chi connectivity index (χ3v) is 3.17. The first-order chi connectivity index (χ1) is 7.08. The molecule has 0 bridgehead atoms. The van der Waals surface area contributed by atoms with Crippen molar-refractivity contribution < 1.29 is 0 Å². The fourth-order valence-corrected chi connectivity index (χ4v) is 2.36. The van der Waals surface area contributed by atoms with E-state index in [1.54, 1.807) is 0 Å². The minimum absolute atomic E-state index is 0.218. The Morgan fingerprint density at radius 3 is 2.93 bits per heavy atom. The normalized spacial score (nSPS) is 25.7. The summed E-state index contributed by atoms with van der Waals surface area (Å²) in [7, 11) is 0. The van der Waals surface area contributed by atoms with Crippen LogP contribution in [0.5, 0.6) is 0 Å². The zero-order valence-electron chi connectivity index (χ0n) is 9.48. The maximum absolute atomic E-state index is 6.00. The SMILES string of the molecule is CC1(C)CC(N)CN1Cc1cccnc1. The van der Waals surface area contributed by atoms with Crippen molar-refractivity contribution in [3.63, 3.8) is 0 Å². The Kier molecular flexibility index (Phi) is 2.76. The van der Waals surface area contributed by atoms with Crippen LogP contribution in [0.15, 0.2) is 24.5 Å². The lowest BCUT2D eigenvalue weighted by molar-refractivity contribution is 0.166. The minimum atomic E-state index is 0.218. The van der Waals surface area contributed by atoms with Crippen LogP contribution >= 0.6 is 0 Å². The van der Waals surface area contributed by atoms with Gasteiger partial charge in [-0.25, -0.2) is 0 Å². The maximum atomic E-state index is 6.00. The highest BCUT2D eigenvalue weighted by Crippen LogP contribution is 2.28. The lowest BCUT2D eigenvalue weighted by atomic mass is 10.0. The second-order valence-electron chi connectivity index (χ2n) is 5.02. The molecule has 15 heavy (non-hydrogen) atoms. The van der Waals surface area contributed by atoms with E-state index in [1.807, 2.05) is 18.5 Å². The number of aromatic nitrogens is 1. The van der Waals surface area contributed by atoms with Crippen molar-refractivity contribution in [1.29, 1.82) is 0 Å². The molecular formula is C12H19N3. The molecule has 82 valence electrons. The molecule has 0 aromatic carbocycles. The summed E-state index contributed by atoms with van der Waals surface area (Å²) in [6.45, 7) is 6.46. The molecule has 0 spiro atoms. The summed E-state index contributed by atoms with van der Waals surface area (Å²) in [5.74, 6) is 0. The van der Waals surface area contributed by atoms with E-state index in [0.717, 1.165) is 19.5 Å². The molecule has 0 saturated carbocycles. The van der Waals surface area contributed by atoms with E-state index in [2.05, 4.69) is 29.8 Å². The van der Waals surface area contributed by atoms with Crippen LogP contribution in [-0.2, 0) is 6.54 Å². The topological polar surface area (TPSA) is 42.1 Å². The van der Waals surface area contributed by atoms with E-state index in [4.69, 9.17) is 5.73 Å². The highest BCUT2D eigenvalue weighted by Gasteiger charge is 2.36. The Hall–Kier alpha value is -0.930. The molecule has 2 N–H and O–H groups in total. The Labute approximate surface area is 91.3 Å². The minimum Gasteiger partial charge on any atom is -0.326 e. The average molecular weight is 205 g/mol. The van der Waals surface area contributed by atoms with Gasteiger partial charge in [-0.05, 0) is 31.9 Å². The number of hydrogen-bond donors (Lipinski definition) is 1. The number of likely N-dealkylation sites (tertiary alicyclic amines) is 1. The second kappa shape index (κ2) is 3.91. The first-order valence-electron chi connectivity index (χ1n) is 5.47. The second-order valence-corrected chi connectivity index (χ2v) is 5.02. The summed E-state index contributed by atoms with van der Waals surface area (Å²) in [6, 6.07) is 4.42. The molecule has 1 atom stereocenters. The molecule has 0 radical (unpaired) electrons. The molecule has 1 aromatic rings. The molecule has 1 aliphatic rings. The van der Waals surface area contributed by atoms with Crippen LogP contribution < -0.4 is 5.73 Å². The maximum Gasteiger partial charge on any atom is 0.0312 e. The molecule has 1 fully saturated rings. The van der Waals surface area contributed by atoms with Crippen molar-refractivity contribution >= 4 is 0 Å². The number of nitrogens with zero attached hydrogens (tertiary/aromatic N) is 2. The Morgan fingerprint density at radius 2 is 2.40 bits per heavy atom. The zero-order chi connectivity index (χ0) is 10.9. The molecule has 3 heteroatoms. The van der Waals surface area contributed by atoms with Crippen molar-refractivity contribution in [2.45, 2.75) is 38.4 Å². The zero-order valence-corrected chi connectivity index (χ0v) is 9.48. The number of hydrogen-bond acceptors (Lipinski definition) is 3. The van der Waals surface area contributed by atoms with Crippen LogP contribution in [0.1, 0.15) is 25.8 Å². The van der Waals surface area contributed by atoms with Gasteiger partial charge in [0.1, 0.15) is 0 Å². The first kappa shape index (κ1) is 10.6. The van der Waals surface area contributed by atoms with Crippen molar-refractivity contribution in [3.05, 3.63) is 30.1 Å². The Bertz CT molecular complexity index is 321. The Morgan fingerprint density at radius 1 is 1.60 bits per heavy atom. The van der Waals surface area contributed by atoms with Crippen molar-refractivity contribution in [1.82, 2.24) is 9.88 Å². The third kappa shape index (κ3) is 2.36. The van der Waals surface area contributed by atoms with E-state index in [1.165, 1.54) is 5.56 Å². The molecule has 2 rings (SSSR count). The monoisotopic (exact) mass is 205 g/mol. The van der Waals surface area contributed by atoms with E-state index in [0.29, 0.717) is 6.04 Å². The van der Waals surface area contributed by atoms with Gasteiger partial charge in [0.2, 0.25) is 0 Å². The molecule has 1 unspecified atom stereocenters. The van der Waals surface area contributed by atoms with Gasteiger partial charge in [-0.2, -0.15) is 0 Å². The van der Waals surface area contributed by atoms with Gasteiger partial charge in [0.05, 0.1) is 0 Å². The standard InChI is InChI=1S/C12H19N3/c1-12(2)6-11(13)9-15(12)8-10-4-3-5-14-7-10/h3-5,7,11H,6,8-9,13H2,1-2H3. The van der Waals surface area contributed by atoms with Crippen LogP contribution in [0, 0.1) is 0 Å². The molecule has 0 aliphatic carbocycles. The van der Waals surface area contributed by atoms with Crippen molar-refractivity contribution in [2.75, 3.05) is 6.54 Å². The fourth-order valence-electron chi connectivity index (χ4n) is 2.36. The van der Waals surface area contributed by atoms with Gasteiger partial charge >= 0.3 is 0 Å². The lowest BCUT2D eigenvalue weighted by Gasteiger charge is -2.31. The summed E-state index contributed by atoms with van der Waals surface area (Å²) in [5, 5.41) is 0. The molecule has 0 amide bonds. The molecule has 1 saturated heterocycles. The van der Waals surface area contributed by atoms with Crippen molar-refractivity contribution in [2.24, 2.45) is 5.73 Å². The quantitative estimate of drug-likeness (QED) is 0.793. The molecule has 2 heterocycles. The van der Waals surface area contributed by atoms with Gasteiger partial charge in [-0.15, -0.1) is 0 Å². The largest absolute Gasteiger partial charge is 0.326 e. The van der Waals surface area contributed by atoms with Gasteiger partial charge in [0.15, 0.2) is 0 Å².